The van der Waals surface area contributed by atoms with E-state index in [4.69, 9.17) is 5.73 Å². The first kappa shape index (κ1) is 12.3. The van der Waals surface area contributed by atoms with Gasteiger partial charge in [0.05, 0.1) is 0 Å². The third-order valence-electron chi connectivity index (χ3n) is 3.85. The lowest BCUT2D eigenvalue weighted by atomic mass is 9.83. The minimum atomic E-state index is 0.433. The Labute approximate surface area is 112 Å². The Kier molecular flexibility index (Phi) is 3.55. The Hall–Kier alpha value is -1.75. The predicted octanol–water partition coefficient (Wildman–Crippen LogP) is 1.29. The standard InChI is InChI=1S/C14H19N5/c15-8-3-9-19-14(16-17-18-19)13-7-6-11-4-1-2-5-12(11)10-13/h1-2,4-5,13H,3,6-10,15H2. The van der Waals surface area contributed by atoms with Crippen LogP contribution in [-0.2, 0) is 19.4 Å². The first-order valence-electron chi connectivity index (χ1n) is 6.91. The molecule has 1 aromatic carbocycles. The first-order valence-corrected chi connectivity index (χ1v) is 6.91. The van der Waals surface area contributed by atoms with E-state index in [1.54, 1.807) is 0 Å². The van der Waals surface area contributed by atoms with Gasteiger partial charge in [-0.25, -0.2) is 4.68 Å². The zero-order valence-electron chi connectivity index (χ0n) is 11.0. The molecular formula is C14H19N5. The van der Waals surface area contributed by atoms with Gasteiger partial charge in [0.15, 0.2) is 5.82 Å². The Morgan fingerprint density at radius 1 is 1.26 bits per heavy atom. The summed E-state index contributed by atoms with van der Waals surface area (Å²) in [4.78, 5) is 0. The van der Waals surface area contributed by atoms with Crippen LogP contribution in [0.15, 0.2) is 24.3 Å². The van der Waals surface area contributed by atoms with Crippen molar-refractivity contribution in [3.05, 3.63) is 41.2 Å². The van der Waals surface area contributed by atoms with Gasteiger partial charge in [0.25, 0.3) is 0 Å². The van der Waals surface area contributed by atoms with E-state index in [9.17, 15) is 0 Å². The molecule has 1 aliphatic carbocycles. The van der Waals surface area contributed by atoms with Crippen LogP contribution >= 0.6 is 0 Å². The summed E-state index contributed by atoms with van der Waals surface area (Å²) in [6.45, 7) is 1.49. The Morgan fingerprint density at radius 2 is 2.11 bits per heavy atom. The van der Waals surface area contributed by atoms with Crippen molar-refractivity contribution in [1.82, 2.24) is 20.2 Å². The fourth-order valence-electron chi connectivity index (χ4n) is 2.82. The molecule has 0 radical (unpaired) electrons. The molecule has 0 fully saturated rings. The highest BCUT2D eigenvalue weighted by Crippen LogP contribution is 2.31. The number of rotatable bonds is 4. The van der Waals surface area contributed by atoms with Crippen molar-refractivity contribution >= 4 is 0 Å². The van der Waals surface area contributed by atoms with E-state index >= 15 is 0 Å². The maximum Gasteiger partial charge on any atom is 0.154 e. The van der Waals surface area contributed by atoms with E-state index in [-0.39, 0.29) is 0 Å². The van der Waals surface area contributed by atoms with Crippen molar-refractivity contribution in [3.8, 4) is 0 Å². The Morgan fingerprint density at radius 3 is 2.95 bits per heavy atom. The quantitative estimate of drug-likeness (QED) is 0.896. The van der Waals surface area contributed by atoms with Crippen molar-refractivity contribution in [1.29, 1.82) is 0 Å². The predicted molar refractivity (Wildman–Crippen MR) is 72.7 cm³/mol. The smallest absolute Gasteiger partial charge is 0.154 e. The zero-order valence-corrected chi connectivity index (χ0v) is 11.0. The molecule has 5 heteroatoms. The number of benzene rings is 1. The van der Waals surface area contributed by atoms with E-state index in [0.717, 1.165) is 38.1 Å². The van der Waals surface area contributed by atoms with Crippen LogP contribution in [0.5, 0.6) is 0 Å². The van der Waals surface area contributed by atoms with Crippen LogP contribution in [0.25, 0.3) is 0 Å². The third kappa shape index (κ3) is 2.51. The van der Waals surface area contributed by atoms with Crippen molar-refractivity contribution in [2.45, 2.75) is 38.1 Å². The van der Waals surface area contributed by atoms with E-state index in [1.807, 2.05) is 4.68 Å². The summed E-state index contributed by atoms with van der Waals surface area (Å²) in [6.07, 6.45) is 4.20. The minimum absolute atomic E-state index is 0.433. The van der Waals surface area contributed by atoms with Crippen LogP contribution in [0.1, 0.15) is 35.7 Å². The molecule has 1 aliphatic rings. The Balaban J connectivity index is 1.79. The molecule has 2 N–H and O–H groups in total. The van der Waals surface area contributed by atoms with Gasteiger partial charge in [-0.1, -0.05) is 24.3 Å². The maximum atomic E-state index is 5.55. The van der Waals surface area contributed by atoms with E-state index in [2.05, 4.69) is 39.8 Å². The van der Waals surface area contributed by atoms with E-state index < -0.39 is 0 Å². The first-order chi connectivity index (χ1) is 9.38. The molecule has 1 unspecified atom stereocenters. The second-order valence-electron chi connectivity index (χ2n) is 5.11. The molecule has 0 saturated carbocycles. The molecule has 0 aliphatic heterocycles. The molecule has 1 atom stereocenters. The molecule has 1 aromatic heterocycles. The topological polar surface area (TPSA) is 69.6 Å². The van der Waals surface area contributed by atoms with Gasteiger partial charge in [-0.15, -0.1) is 5.10 Å². The number of hydrogen-bond acceptors (Lipinski definition) is 4. The summed E-state index contributed by atoms with van der Waals surface area (Å²) in [7, 11) is 0. The van der Waals surface area contributed by atoms with Crippen LogP contribution in [0.4, 0.5) is 0 Å². The fraction of sp³-hybridized carbons (Fsp3) is 0.500. The van der Waals surface area contributed by atoms with E-state index in [1.165, 1.54) is 11.1 Å². The lowest BCUT2D eigenvalue weighted by Gasteiger charge is -2.23. The summed E-state index contributed by atoms with van der Waals surface area (Å²) < 4.78 is 1.92. The number of aryl methyl sites for hydroxylation is 2. The van der Waals surface area contributed by atoms with Gasteiger partial charge in [-0.2, -0.15) is 0 Å². The van der Waals surface area contributed by atoms with Crippen molar-refractivity contribution in [2.75, 3.05) is 6.54 Å². The maximum absolute atomic E-state index is 5.55. The summed E-state index contributed by atoms with van der Waals surface area (Å²) in [5.41, 5.74) is 8.46. The zero-order chi connectivity index (χ0) is 13.1. The summed E-state index contributed by atoms with van der Waals surface area (Å²) in [5, 5.41) is 12.1. The van der Waals surface area contributed by atoms with Crippen molar-refractivity contribution in [2.24, 2.45) is 5.73 Å². The molecule has 19 heavy (non-hydrogen) atoms. The Bertz CT molecular complexity index is 548. The van der Waals surface area contributed by atoms with Gasteiger partial charge < -0.3 is 5.73 Å². The molecule has 2 aromatic rings. The summed E-state index contributed by atoms with van der Waals surface area (Å²) >= 11 is 0. The molecule has 0 amide bonds. The number of hydrogen-bond donors (Lipinski definition) is 1. The van der Waals surface area contributed by atoms with Crippen LogP contribution in [0.2, 0.25) is 0 Å². The molecule has 5 nitrogen and oxygen atoms in total. The van der Waals surface area contributed by atoms with Crippen molar-refractivity contribution < 1.29 is 0 Å². The van der Waals surface area contributed by atoms with Gasteiger partial charge >= 0.3 is 0 Å². The number of nitrogens with two attached hydrogens (primary N) is 1. The summed E-state index contributed by atoms with van der Waals surface area (Å²) in [5.74, 6) is 1.45. The molecule has 0 spiro atoms. The highest BCUT2D eigenvalue weighted by atomic mass is 15.5. The average Bonchev–Trinajstić information content (AvgIpc) is 2.93. The van der Waals surface area contributed by atoms with Gasteiger partial charge in [0.1, 0.15) is 0 Å². The SMILES string of the molecule is NCCCn1nnnc1C1CCc2ccccc2C1. The number of nitrogens with zero attached hydrogens (tertiary/aromatic N) is 4. The lowest BCUT2D eigenvalue weighted by Crippen LogP contribution is -2.18. The highest BCUT2D eigenvalue weighted by molar-refractivity contribution is 5.31. The lowest BCUT2D eigenvalue weighted by molar-refractivity contribution is 0.482. The average molecular weight is 257 g/mol. The second kappa shape index (κ2) is 5.48. The molecule has 0 saturated heterocycles. The third-order valence-corrected chi connectivity index (χ3v) is 3.85. The van der Waals surface area contributed by atoms with Gasteiger partial charge in [0.2, 0.25) is 0 Å². The summed E-state index contributed by atoms with van der Waals surface area (Å²) in [6, 6.07) is 8.67. The monoisotopic (exact) mass is 257 g/mol. The number of fused-ring (bicyclic) bond motifs is 1. The second-order valence-corrected chi connectivity index (χ2v) is 5.11. The minimum Gasteiger partial charge on any atom is -0.330 e. The molecule has 3 rings (SSSR count). The molecule has 100 valence electrons. The van der Waals surface area contributed by atoms with E-state index in [0.29, 0.717) is 12.5 Å². The molecule has 1 heterocycles. The van der Waals surface area contributed by atoms with Crippen LogP contribution in [0.3, 0.4) is 0 Å². The van der Waals surface area contributed by atoms with Crippen molar-refractivity contribution in [3.63, 3.8) is 0 Å². The van der Waals surface area contributed by atoms with Gasteiger partial charge in [-0.05, 0) is 53.8 Å². The van der Waals surface area contributed by atoms with Gasteiger partial charge in [0, 0.05) is 12.5 Å². The number of aromatic nitrogens is 4. The molecule has 0 bridgehead atoms. The van der Waals surface area contributed by atoms with Crippen LogP contribution in [0, 0.1) is 0 Å². The largest absolute Gasteiger partial charge is 0.330 e. The molecular weight excluding hydrogens is 238 g/mol. The van der Waals surface area contributed by atoms with Gasteiger partial charge in [-0.3, -0.25) is 0 Å². The highest BCUT2D eigenvalue weighted by Gasteiger charge is 2.24. The normalized spacial score (nSPS) is 18.3. The number of tetrazole rings is 1. The van der Waals surface area contributed by atoms with Crippen LogP contribution in [-0.4, -0.2) is 26.8 Å². The van der Waals surface area contributed by atoms with Crippen LogP contribution < -0.4 is 5.73 Å². The fourth-order valence-corrected chi connectivity index (χ4v) is 2.82.